The van der Waals surface area contributed by atoms with E-state index in [1.165, 1.54) is 11.3 Å². The van der Waals surface area contributed by atoms with Crippen molar-refractivity contribution in [3.05, 3.63) is 40.9 Å². The van der Waals surface area contributed by atoms with Crippen molar-refractivity contribution in [3.63, 3.8) is 0 Å². The van der Waals surface area contributed by atoms with Crippen LogP contribution >= 0.6 is 11.3 Å². The van der Waals surface area contributed by atoms with Crippen molar-refractivity contribution in [3.8, 4) is 0 Å². The van der Waals surface area contributed by atoms with E-state index in [2.05, 4.69) is 15.5 Å². The number of nitrogens with two attached hydrogens (primary N) is 1. The lowest BCUT2D eigenvalue weighted by molar-refractivity contribution is -0.116. The molecule has 1 aromatic heterocycles. The highest BCUT2D eigenvalue weighted by molar-refractivity contribution is 7.15. The highest BCUT2D eigenvalue weighted by Gasteiger charge is 2.12. The van der Waals surface area contributed by atoms with Gasteiger partial charge in [0.2, 0.25) is 11.0 Å². The van der Waals surface area contributed by atoms with Gasteiger partial charge < -0.3 is 11.1 Å². The maximum Gasteiger partial charge on any atom is 0.228 e. The molecule has 1 atom stereocenters. The first kappa shape index (κ1) is 12.7. The van der Waals surface area contributed by atoms with Gasteiger partial charge in [-0.25, -0.2) is 0 Å². The standard InChI is InChI=1S/C12H14N4OS/c1-8-15-16-12(18-8)14-11(17)7-10(13)9-5-3-2-4-6-9/h2-6,10H,7,13H2,1H3,(H,14,16,17). The number of anilines is 1. The molecule has 1 amide bonds. The number of nitrogens with zero attached hydrogens (tertiary/aromatic N) is 2. The number of benzene rings is 1. The van der Waals surface area contributed by atoms with Crippen LogP contribution in [-0.4, -0.2) is 16.1 Å². The topological polar surface area (TPSA) is 80.9 Å². The molecule has 18 heavy (non-hydrogen) atoms. The van der Waals surface area contributed by atoms with Gasteiger partial charge in [0, 0.05) is 12.5 Å². The van der Waals surface area contributed by atoms with Crippen molar-refractivity contribution in [2.24, 2.45) is 5.73 Å². The van der Waals surface area contributed by atoms with Crippen molar-refractivity contribution in [2.45, 2.75) is 19.4 Å². The summed E-state index contributed by atoms with van der Waals surface area (Å²) in [7, 11) is 0. The van der Waals surface area contributed by atoms with Gasteiger partial charge >= 0.3 is 0 Å². The van der Waals surface area contributed by atoms with E-state index in [4.69, 9.17) is 5.73 Å². The molecule has 0 aliphatic rings. The van der Waals surface area contributed by atoms with Crippen molar-refractivity contribution in [1.29, 1.82) is 0 Å². The molecule has 2 rings (SSSR count). The smallest absolute Gasteiger partial charge is 0.228 e. The second kappa shape index (κ2) is 5.70. The predicted octanol–water partition coefficient (Wildman–Crippen LogP) is 1.88. The van der Waals surface area contributed by atoms with Gasteiger partial charge in [-0.05, 0) is 12.5 Å². The van der Waals surface area contributed by atoms with Gasteiger partial charge in [-0.1, -0.05) is 41.7 Å². The summed E-state index contributed by atoms with van der Waals surface area (Å²) in [6.07, 6.45) is 0.225. The minimum absolute atomic E-state index is 0.150. The SMILES string of the molecule is Cc1nnc(NC(=O)CC(N)c2ccccc2)s1. The van der Waals surface area contributed by atoms with E-state index in [1.807, 2.05) is 37.3 Å². The van der Waals surface area contributed by atoms with Crippen LogP contribution in [0, 0.1) is 6.92 Å². The van der Waals surface area contributed by atoms with Crippen LogP contribution < -0.4 is 11.1 Å². The summed E-state index contributed by atoms with van der Waals surface area (Å²) in [6, 6.07) is 9.24. The van der Waals surface area contributed by atoms with E-state index in [0.717, 1.165) is 10.6 Å². The molecule has 0 saturated carbocycles. The van der Waals surface area contributed by atoms with E-state index < -0.39 is 0 Å². The van der Waals surface area contributed by atoms with Crippen LogP contribution in [0.3, 0.4) is 0 Å². The average molecular weight is 262 g/mol. The number of amides is 1. The number of carbonyl (C=O) groups is 1. The van der Waals surface area contributed by atoms with Crippen LogP contribution in [0.1, 0.15) is 23.0 Å². The maximum absolute atomic E-state index is 11.8. The first-order valence-electron chi connectivity index (χ1n) is 5.55. The molecule has 0 aliphatic heterocycles. The van der Waals surface area contributed by atoms with E-state index >= 15 is 0 Å². The Balaban J connectivity index is 1.92. The second-order valence-electron chi connectivity index (χ2n) is 3.90. The third-order valence-corrected chi connectivity index (χ3v) is 3.16. The summed E-state index contributed by atoms with van der Waals surface area (Å²) in [5, 5.41) is 11.7. The highest BCUT2D eigenvalue weighted by Crippen LogP contribution is 2.17. The molecule has 0 bridgehead atoms. The molecule has 0 radical (unpaired) electrons. The molecule has 1 heterocycles. The fraction of sp³-hybridized carbons (Fsp3) is 0.250. The van der Waals surface area contributed by atoms with Crippen molar-refractivity contribution < 1.29 is 4.79 Å². The quantitative estimate of drug-likeness (QED) is 0.881. The van der Waals surface area contributed by atoms with Crippen LogP contribution in [0.25, 0.3) is 0 Å². The molecule has 94 valence electrons. The van der Waals surface area contributed by atoms with E-state index in [9.17, 15) is 4.79 Å². The van der Waals surface area contributed by atoms with Gasteiger partial charge in [-0.15, -0.1) is 10.2 Å². The Morgan fingerprint density at radius 1 is 1.39 bits per heavy atom. The fourth-order valence-corrected chi connectivity index (χ4v) is 2.14. The molecule has 5 nitrogen and oxygen atoms in total. The molecule has 0 spiro atoms. The first-order valence-corrected chi connectivity index (χ1v) is 6.37. The van der Waals surface area contributed by atoms with Gasteiger partial charge in [-0.3, -0.25) is 4.79 Å². The minimum Gasteiger partial charge on any atom is -0.324 e. The van der Waals surface area contributed by atoms with Crippen molar-refractivity contribution in [2.75, 3.05) is 5.32 Å². The normalized spacial score (nSPS) is 12.1. The molecule has 1 unspecified atom stereocenters. The van der Waals surface area contributed by atoms with Crippen molar-refractivity contribution in [1.82, 2.24) is 10.2 Å². The van der Waals surface area contributed by atoms with Gasteiger partial charge in [0.05, 0.1) is 0 Å². The fourth-order valence-electron chi connectivity index (χ4n) is 1.54. The van der Waals surface area contributed by atoms with E-state index in [1.54, 1.807) is 0 Å². The first-order chi connectivity index (χ1) is 8.65. The lowest BCUT2D eigenvalue weighted by Gasteiger charge is -2.10. The largest absolute Gasteiger partial charge is 0.324 e. The second-order valence-corrected chi connectivity index (χ2v) is 5.08. The number of aromatic nitrogens is 2. The van der Waals surface area contributed by atoms with Crippen molar-refractivity contribution >= 4 is 22.4 Å². The van der Waals surface area contributed by atoms with Crippen LogP contribution in [0.5, 0.6) is 0 Å². The maximum atomic E-state index is 11.8. The Morgan fingerprint density at radius 3 is 2.72 bits per heavy atom. The Bertz CT molecular complexity index is 526. The molecule has 3 N–H and O–H groups in total. The van der Waals surface area contributed by atoms with Gasteiger partial charge in [0.1, 0.15) is 5.01 Å². The summed E-state index contributed by atoms with van der Waals surface area (Å²) < 4.78 is 0. The van der Waals surface area contributed by atoms with Crippen LogP contribution in [-0.2, 0) is 4.79 Å². The monoisotopic (exact) mass is 262 g/mol. The van der Waals surface area contributed by atoms with Crippen LogP contribution in [0.15, 0.2) is 30.3 Å². The molecular formula is C12H14N4OS. The summed E-state index contributed by atoms with van der Waals surface area (Å²) in [5.74, 6) is -0.150. The highest BCUT2D eigenvalue weighted by atomic mass is 32.1. The Morgan fingerprint density at radius 2 is 2.11 bits per heavy atom. The minimum atomic E-state index is -0.305. The summed E-state index contributed by atoms with van der Waals surface area (Å²) in [6.45, 7) is 1.84. The average Bonchev–Trinajstić information content (AvgIpc) is 2.75. The Hall–Kier alpha value is -1.79. The molecule has 1 aromatic carbocycles. The zero-order valence-electron chi connectivity index (χ0n) is 9.96. The number of hydrogen-bond donors (Lipinski definition) is 2. The summed E-state index contributed by atoms with van der Waals surface area (Å²) in [5.41, 5.74) is 6.91. The summed E-state index contributed by atoms with van der Waals surface area (Å²) >= 11 is 1.34. The lowest BCUT2D eigenvalue weighted by Crippen LogP contribution is -2.20. The predicted molar refractivity (Wildman–Crippen MR) is 71.3 cm³/mol. The molecular weight excluding hydrogens is 248 g/mol. The van der Waals surface area contributed by atoms with Gasteiger partial charge in [-0.2, -0.15) is 0 Å². The number of hydrogen-bond acceptors (Lipinski definition) is 5. The Labute approximate surface area is 109 Å². The zero-order valence-corrected chi connectivity index (χ0v) is 10.8. The molecule has 6 heteroatoms. The molecule has 0 fully saturated rings. The molecule has 2 aromatic rings. The van der Waals surface area contributed by atoms with Gasteiger partial charge in [0.15, 0.2) is 0 Å². The Kier molecular flexibility index (Phi) is 4.01. The third kappa shape index (κ3) is 3.35. The molecule has 0 aliphatic carbocycles. The summed E-state index contributed by atoms with van der Waals surface area (Å²) in [4.78, 5) is 11.8. The number of rotatable bonds is 4. The van der Waals surface area contributed by atoms with E-state index in [-0.39, 0.29) is 18.4 Å². The zero-order chi connectivity index (χ0) is 13.0. The van der Waals surface area contributed by atoms with Crippen LogP contribution in [0.4, 0.5) is 5.13 Å². The number of aryl methyl sites for hydroxylation is 1. The number of nitrogens with one attached hydrogen (secondary N) is 1. The van der Waals surface area contributed by atoms with Gasteiger partial charge in [0.25, 0.3) is 0 Å². The van der Waals surface area contributed by atoms with Crippen LogP contribution in [0.2, 0.25) is 0 Å². The molecule has 0 saturated heterocycles. The number of carbonyl (C=O) groups excluding carboxylic acids is 1. The van der Waals surface area contributed by atoms with E-state index in [0.29, 0.717) is 5.13 Å². The lowest BCUT2D eigenvalue weighted by atomic mass is 10.0. The third-order valence-electron chi connectivity index (χ3n) is 2.41.